The number of ether oxygens (including phenoxy) is 1. The molecule has 0 aliphatic carbocycles. The van der Waals surface area contributed by atoms with E-state index in [1.807, 2.05) is 0 Å². The molecular weight excluding hydrogens is 342 g/mol. The summed E-state index contributed by atoms with van der Waals surface area (Å²) >= 11 is 10.5. The van der Waals surface area contributed by atoms with E-state index in [0.717, 1.165) is 0 Å². The Morgan fingerprint density at radius 2 is 2.33 bits per heavy atom. The molecule has 1 aromatic rings. The predicted octanol–water partition coefficient (Wildman–Crippen LogP) is 1.32. The number of halogens is 2. The predicted molar refractivity (Wildman–Crippen MR) is 75.0 cm³/mol. The molecule has 21 heavy (non-hydrogen) atoms. The minimum Gasteiger partial charge on any atom is -0.390 e. The number of nitrogens with two attached hydrogens (primary N) is 1. The summed E-state index contributed by atoms with van der Waals surface area (Å²) in [6.07, 6.45) is -2.24. The maximum atomic E-state index is 11.1. The lowest BCUT2D eigenvalue weighted by molar-refractivity contribution is -0.759. The molecule has 1 aromatic heterocycles. The molecule has 0 saturated carbocycles. The fraction of sp³-hybridized carbons (Fsp3) is 0.455. The highest BCUT2D eigenvalue weighted by molar-refractivity contribution is 8.05. The van der Waals surface area contributed by atoms with Crippen molar-refractivity contribution in [3.8, 4) is 0 Å². The molecule has 0 bridgehead atoms. The molecule has 2 rings (SSSR count). The third-order valence-corrected chi connectivity index (χ3v) is 4.07. The molecule has 1 aliphatic heterocycles. The van der Waals surface area contributed by atoms with Crippen LogP contribution in [0.4, 0.5) is 0 Å². The van der Waals surface area contributed by atoms with Crippen molar-refractivity contribution >= 4 is 34.5 Å². The summed E-state index contributed by atoms with van der Waals surface area (Å²) in [7, 11) is 0. The summed E-state index contributed by atoms with van der Waals surface area (Å²) in [6, 6.07) is 3.22. The normalized spacial score (nSPS) is 26.0. The molecule has 1 fully saturated rings. The van der Waals surface area contributed by atoms with Crippen LogP contribution in [0.15, 0.2) is 24.5 Å². The monoisotopic (exact) mass is 355 g/mol. The van der Waals surface area contributed by atoms with Crippen LogP contribution in [0.25, 0.3) is 0 Å². The number of hydrogen-bond donors (Lipinski definition) is 2. The van der Waals surface area contributed by atoms with Crippen LogP contribution in [0, 0.1) is 0 Å². The van der Waals surface area contributed by atoms with Gasteiger partial charge in [0.2, 0.25) is 0 Å². The summed E-state index contributed by atoms with van der Waals surface area (Å²) in [5.74, 6) is -0.562. The van der Waals surface area contributed by atoms with Crippen LogP contribution in [0.2, 0.25) is 0 Å². The third kappa shape index (κ3) is 4.64. The lowest BCUT2D eigenvalue weighted by atomic mass is 10.2. The summed E-state index contributed by atoms with van der Waals surface area (Å²) in [4.78, 5) is 11.1. The quantitative estimate of drug-likeness (QED) is 0.612. The van der Waals surface area contributed by atoms with Gasteiger partial charge in [-0.2, -0.15) is 4.57 Å². The van der Waals surface area contributed by atoms with Crippen molar-refractivity contribution in [2.45, 2.75) is 24.9 Å². The van der Waals surface area contributed by atoms with Gasteiger partial charge in [0.05, 0.1) is 19.1 Å². The molecule has 0 unspecified atom stereocenters. The fourth-order valence-corrected chi connectivity index (χ4v) is 2.69. The Morgan fingerprint density at radius 1 is 1.62 bits per heavy atom. The van der Waals surface area contributed by atoms with Crippen LogP contribution in [0.3, 0.4) is 0 Å². The van der Waals surface area contributed by atoms with E-state index in [9.17, 15) is 14.5 Å². The van der Waals surface area contributed by atoms with Gasteiger partial charge in [-0.05, 0) is 28.5 Å². The maximum Gasteiger partial charge on any atom is 0.380 e. The maximum absolute atomic E-state index is 11.1. The molecule has 1 aliphatic rings. The number of amides is 1. The molecule has 10 heteroatoms. The van der Waals surface area contributed by atoms with Gasteiger partial charge in [-0.25, -0.2) is 0 Å². The van der Waals surface area contributed by atoms with E-state index < -0.39 is 30.4 Å². The molecule has 7 nitrogen and oxygen atoms in total. The number of rotatable bonds is 5. The van der Waals surface area contributed by atoms with Gasteiger partial charge in [0, 0.05) is 6.07 Å². The smallest absolute Gasteiger partial charge is 0.380 e. The lowest BCUT2D eigenvalue weighted by Gasteiger charge is -2.13. The number of aliphatic hydroxyl groups excluding tert-OH is 1. The summed E-state index contributed by atoms with van der Waals surface area (Å²) in [6.45, 7) is -0.196. The van der Waals surface area contributed by atoms with Crippen molar-refractivity contribution in [2.75, 3.05) is 6.61 Å². The number of carbonyl (C=O) groups is 1. The summed E-state index contributed by atoms with van der Waals surface area (Å²) < 4.78 is 23.0. The molecule has 3 N–H and O–H groups in total. The van der Waals surface area contributed by atoms with E-state index in [2.05, 4.69) is 0 Å². The number of carbonyl (C=O) groups excluding carboxylic acids is 1. The second kappa shape index (κ2) is 6.60. The number of nitrogens with zero attached hydrogens (tertiary/aromatic N) is 1. The van der Waals surface area contributed by atoms with Gasteiger partial charge in [0.15, 0.2) is 12.4 Å². The summed E-state index contributed by atoms with van der Waals surface area (Å²) in [5, 5.41) is 9.91. The topological polar surface area (TPSA) is 103 Å². The molecule has 116 valence electrons. The summed E-state index contributed by atoms with van der Waals surface area (Å²) in [5.41, 5.74) is 5.53. The van der Waals surface area contributed by atoms with E-state index in [1.165, 1.54) is 6.20 Å². The average molecular weight is 356 g/mol. The van der Waals surface area contributed by atoms with Gasteiger partial charge in [-0.3, -0.25) is 9.36 Å². The van der Waals surface area contributed by atoms with Crippen molar-refractivity contribution in [2.24, 2.45) is 5.73 Å². The highest BCUT2D eigenvalue weighted by Gasteiger charge is 2.40. The molecular formula is C11H14Cl2N2O5P+. The first kappa shape index (κ1) is 16.7. The van der Waals surface area contributed by atoms with Gasteiger partial charge in [-0.1, -0.05) is 0 Å². The van der Waals surface area contributed by atoms with Crippen LogP contribution in [-0.4, -0.2) is 29.8 Å². The molecule has 0 radical (unpaired) electrons. The Balaban J connectivity index is 2.05. The van der Waals surface area contributed by atoms with Crippen molar-refractivity contribution in [3.63, 3.8) is 0 Å². The highest BCUT2D eigenvalue weighted by atomic mass is 35.9. The second-order valence-electron chi connectivity index (χ2n) is 4.55. The van der Waals surface area contributed by atoms with Crippen molar-refractivity contribution in [1.29, 1.82) is 0 Å². The van der Waals surface area contributed by atoms with Crippen LogP contribution >= 0.6 is 28.6 Å². The first-order valence-electron chi connectivity index (χ1n) is 6.04. The minimum absolute atomic E-state index is 0.196. The number of primary amides is 1. The Morgan fingerprint density at radius 3 is 2.95 bits per heavy atom. The van der Waals surface area contributed by atoms with Crippen molar-refractivity contribution in [3.05, 3.63) is 30.1 Å². The molecule has 1 saturated heterocycles. The zero-order valence-corrected chi connectivity index (χ0v) is 13.2. The zero-order chi connectivity index (χ0) is 15.6. The van der Waals surface area contributed by atoms with Crippen LogP contribution in [0.5, 0.6) is 0 Å². The van der Waals surface area contributed by atoms with Gasteiger partial charge >= 0.3 is 6.07 Å². The third-order valence-electron chi connectivity index (χ3n) is 3.03. The molecule has 3 atom stereocenters. The van der Waals surface area contributed by atoms with E-state index in [4.69, 9.17) is 37.5 Å². The Bertz CT molecular complexity index is 581. The van der Waals surface area contributed by atoms with E-state index >= 15 is 0 Å². The van der Waals surface area contributed by atoms with Gasteiger partial charge in [0.1, 0.15) is 11.7 Å². The van der Waals surface area contributed by atoms with E-state index in [1.54, 1.807) is 22.9 Å². The van der Waals surface area contributed by atoms with Gasteiger partial charge < -0.3 is 20.1 Å². The highest BCUT2D eigenvalue weighted by Crippen LogP contribution is 2.57. The van der Waals surface area contributed by atoms with E-state index in [-0.39, 0.29) is 13.0 Å². The molecule has 2 heterocycles. The fourth-order valence-electron chi connectivity index (χ4n) is 2.03. The minimum atomic E-state index is -3.67. The Hall–Kier alpha value is -0.690. The number of hydrogen-bond acceptors (Lipinski definition) is 5. The number of aliphatic hydroxyl groups is 1. The lowest BCUT2D eigenvalue weighted by Crippen LogP contribution is -2.40. The largest absolute Gasteiger partial charge is 0.390 e. The van der Waals surface area contributed by atoms with Crippen molar-refractivity contribution < 1.29 is 28.3 Å². The van der Waals surface area contributed by atoms with Crippen molar-refractivity contribution in [1.82, 2.24) is 0 Å². The Kier molecular flexibility index (Phi) is 5.24. The first-order valence-corrected chi connectivity index (χ1v) is 9.48. The van der Waals surface area contributed by atoms with Crippen LogP contribution in [0.1, 0.15) is 23.0 Å². The standard InChI is InChI=1S/C11H13Cl2N2O5P/c12-21(13,18)19-6-9-8(16)4-10(20-9)15-3-1-2-7(5-15)11(14)17/h1-3,5,8-10,16H,4,6H2,(H-,14,17)/p+1/t8-,9+,10+/m0/s1. The SMILES string of the molecule is NC(=O)c1ccc[n+]([C@H]2C[C@H](O)[C@@H](COP(=O)(Cl)Cl)O2)c1. The van der Waals surface area contributed by atoms with Crippen LogP contribution < -0.4 is 10.3 Å². The Labute approximate surface area is 130 Å². The van der Waals surface area contributed by atoms with Gasteiger partial charge in [-0.15, -0.1) is 0 Å². The number of pyridine rings is 1. The second-order valence-corrected chi connectivity index (χ2v) is 8.82. The molecule has 1 amide bonds. The zero-order valence-electron chi connectivity index (χ0n) is 10.8. The van der Waals surface area contributed by atoms with E-state index in [0.29, 0.717) is 5.56 Å². The molecule has 0 spiro atoms. The molecule has 0 aromatic carbocycles. The van der Waals surface area contributed by atoms with Crippen LogP contribution in [-0.2, 0) is 13.8 Å². The average Bonchev–Trinajstić information content (AvgIpc) is 2.77. The first-order chi connectivity index (χ1) is 9.76. The number of aromatic nitrogens is 1. The van der Waals surface area contributed by atoms with Gasteiger partial charge in [0.25, 0.3) is 12.1 Å².